The molecule has 0 aromatic heterocycles. The Bertz CT molecular complexity index is 928. The van der Waals surface area contributed by atoms with E-state index in [1.807, 2.05) is 0 Å². The number of hydrogen-bond donors (Lipinski definition) is 2. The van der Waals surface area contributed by atoms with Crippen molar-refractivity contribution in [3.63, 3.8) is 0 Å². The van der Waals surface area contributed by atoms with E-state index in [9.17, 15) is 18.5 Å². The second kappa shape index (κ2) is 9.41. The van der Waals surface area contributed by atoms with Gasteiger partial charge in [-0.05, 0) is 45.7 Å². The summed E-state index contributed by atoms with van der Waals surface area (Å²) >= 11 is 3.16. The fraction of sp³-hybridized carbons (Fsp3) is 0.600. The number of benzene rings is 1. The Hall–Kier alpha value is -1.70. The van der Waals surface area contributed by atoms with Crippen LogP contribution in [0.3, 0.4) is 0 Å². The molecule has 3 N–H and O–H groups in total. The largest absolute Gasteiger partial charge is 0.415 e. The topological polar surface area (TPSA) is 173 Å². The number of nitrogens with zero attached hydrogens (tertiary/aromatic N) is 4. The number of rotatable bonds is 9. The average Bonchev–Trinajstić information content (AvgIpc) is 2.56. The molecule has 29 heavy (non-hydrogen) atoms. The Morgan fingerprint density at radius 3 is 2.48 bits per heavy atom. The van der Waals surface area contributed by atoms with Gasteiger partial charge in [0.1, 0.15) is 5.69 Å². The lowest BCUT2D eigenvalue weighted by Gasteiger charge is -2.37. The van der Waals surface area contributed by atoms with Crippen molar-refractivity contribution in [1.29, 1.82) is 0 Å². The molecule has 0 saturated carbocycles. The number of anilines is 1. The van der Waals surface area contributed by atoms with Gasteiger partial charge in [0.05, 0.1) is 22.5 Å². The molecule has 0 bridgehead atoms. The number of nitro benzene ring substituents is 1. The van der Waals surface area contributed by atoms with Gasteiger partial charge in [0.2, 0.25) is 10.0 Å². The summed E-state index contributed by atoms with van der Waals surface area (Å²) in [6, 6.07) is 1.47. The fourth-order valence-electron chi connectivity index (χ4n) is 2.02. The summed E-state index contributed by atoms with van der Waals surface area (Å²) in [6.45, 7) is 10.4. The number of nitro groups is 1. The molecule has 1 rings (SSSR count). The predicted octanol–water partition coefficient (Wildman–Crippen LogP) is 4.12. The number of nitrogens with two attached hydrogens (primary N) is 1. The monoisotopic (exact) mass is 508 g/mol. The summed E-state index contributed by atoms with van der Waals surface area (Å²) in [4.78, 5) is 13.1. The van der Waals surface area contributed by atoms with Gasteiger partial charge >= 0.3 is 0 Å². The third-order valence-corrected chi connectivity index (χ3v) is 10.8. The first-order chi connectivity index (χ1) is 13.1. The van der Waals surface area contributed by atoms with E-state index >= 15 is 0 Å². The third kappa shape index (κ3) is 6.94. The van der Waals surface area contributed by atoms with Gasteiger partial charge in [-0.15, -0.1) is 0 Å². The van der Waals surface area contributed by atoms with Crippen molar-refractivity contribution >= 4 is 45.6 Å². The lowest BCUT2D eigenvalue weighted by molar-refractivity contribution is -0.384. The molecule has 0 saturated heterocycles. The van der Waals surface area contributed by atoms with Crippen LogP contribution in [0.1, 0.15) is 20.8 Å². The van der Waals surface area contributed by atoms with Crippen LogP contribution in [0.2, 0.25) is 18.1 Å². The molecular weight excluding hydrogens is 484 g/mol. The van der Waals surface area contributed by atoms with Crippen molar-refractivity contribution in [2.75, 3.05) is 18.5 Å². The highest BCUT2D eigenvalue weighted by Crippen LogP contribution is 2.38. The van der Waals surface area contributed by atoms with Crippen LogP contribution in [-0.4, -0.2) is 40.9 Å². The van der Waals surface area contributed by atoms with Crippen LogP contribution in [0.4, 0.5) is 11.4 Å². The molecule has 1 aromatic rings. The maximum absolute atomic E-state index is 11.6. The molecule has 0 aliphatic carbocycles. The first-order valence-corrected chi connectivity index (χ1v) is 13.8. The first-order valence-electron chi connectivity index (χ1n) is 8.52. The standard InChI is InChI=1S/C15H25BrN6O5SSi/c1-15(2,3)29(4,5)27-9-10(8-19-21-17)20-14-12(16)6-11(28(18,25)26)7-13(14)22(23)24/h6-7,10,20H,8-9H2,1-5H3,(H2,18,25,26)/t10-/m0/s1. The maximum atomic E-state index is 11.6. The van der Waals surface area contributed by atoms with Crippen molar-refractivity contribution in [2.24, 2.45) is 10.3 Å². The fourth-order valence-corrected chi connectivity index (χ4v) is 4.35. The second-order valence-electron chi connectivity index (χ2n) is 7.93. The number of sulfonamides is 1. The molecular formula is C15H25BrN6O5SSi. The Kier molecular flexibility index (Phi) is 8.22. The second-order valence-corrected chi connectivity index (χ2v) is 15.2. The zero-order chi connectivity index (χ0) is 22.6. The summed E-state index contributed by atoms with van der Waals surface area (Å²) < 4.78 is 29.4. The van der Waals surface area contributed by atoms with Crippen LogP contribution >= 0.6 is 15.9 Å². The normalized spacial score (nSPS) is 13.5. The summed E-state index contributed by atoms with van der Waals surface area (Å²) in [5.41, 5.74) is 8.22. The quantitative estimate of drug-likeness (QED) is 0.126. The van der Waals surface area contributed by atoms with Gasteiger partial charge in [-0.25, -0.2) is 13.6 Å². The molecule has 0 aliphatic rings. The van der Waals surface area contributed by atoms with E-state index in [1.54, 1.807) is 0 Å². The first kappa shape index (κ1) is 25.3. The van der Waals surface area contributed by atoms with Crippen LogP contribution < -0.4 is 10.5 Å². The minimum atomic E-state index is -4.13. The van der Waals surface area contributed by atoms with Crippen LogP contribution in [0.25, 0.3) is 10.4 Å². The molecule has 11 nitrogen and oxygen atoms in total. The maximum Gasteiger partial charge on any atom is 0.294 e. The van der Waals surface area contributed by atoms with Crippen molar-refractivity contribution < 1.29 is 17.8 Å². The number of halogens is 1. The molecule has 14 heteroatoms. The Morgan fingerprint density at radius 1 is 1.45 bits per heavy atom. The minimum absolute atomic E-state index is 0.0222. The van der Waals surface area contributed by atoms with Crippen LogP contribution in [0.15, 0.2) is 26.6 Å². The highest BCUT2D eigenvalue weighted by molar-refractivity contribution is 9.10. The Balaban J connectivity index is 3.29. The van der Waals surface area contributed by atoms with Crippen molar-refractivity contribution in [2.45, 2.75) is 49.8 Å². The number of primary sulfonamides is 1. The molecule has 0 amide bonds. The van der Waals surface area contributed by atoms with E-state index in [-0.39, 0.29) is 28.4 Å². The van der Waals surface area contributed by atoms with Crippen LogP contribution in [-0.2, 0) is 14.4 Å². The number of azide groups is 1. The van der Waals surface area contributed by atoms with E-state index < -0.39 is 39.9 Å². The molecule has 0 radical (unpaired) electrons. The zero-order valence-corrected chi connectivity index (χ0v) is 20.2. The SMILES string of the molecule is CC(C)(C)[Si](C)(C)OC[C@H](CN=[N+]=[N-])Nc1c(Br)cc(S(N)(=O)=O)cc1[N+](=O)[O-]. The highest BCUT2D eigenvalue weighted by atomic mass is 79.9. The van der Waals surface area contributed by atoms with Crippen molar-refractivity contribution in [3.05, 3.63) is 37.2 Å². The molecule has 0 heterocycles. The van der Waals surface area contributed by atoms with Gasteiger partial charge in [-0.3, -0.25) is 10.1 Å². The van der Waals surface area contributed by atoms with Crippen molar-refractivity contribution in [1.82, 2.24) is 0 Å². The highest BCUT2D eigenvalue weighted by Gasteiger charge is 2.37. The van der Waals surface area contributed by atoms with Gasteiger partial charge in [0.25, 0.3) is 5.69 Å². The summed E-state index contributed by atoms with van der Waals surface area (Å²) in [7, 11) is -6.26. The molecule has 0 aliphatic heterocycles. The van der Waals surface area contributed by atoms with Crippen LogP contribution in [0, 0.1) is 10.1 Å². The van der Waals surface area contributed by atoms with Gasteiger partial charge in [0, 0.05) is 22.0 Å². The molecule has 0 unspecified atom stereocenters. The van der Waals surface area contributed by atoms with E-state index in [4.69, 9.17) is 15.1 Å². The van der Waals surface area contributed by atoms with Gasteiger partial charge in [-0.2, -0.15) is 0 Å². The Morgan fingerprint density at radius 2 is 2.03 bits per heavy atom. The lowest BCUT2D eigenvalue weighted by Crippen LogP contribution is -2.44. The molecule has 0 fully saturated rings. The molecule has 1 atom stereocenters. The molecule has 162 valence electrons. The minimum Gasteiger partial charge on any atom is -0.415 e. The average molecular weight is 509 g/mol. The van der Waals surface area contributed by atoms with E-state index in [2.05, 4.69) is 65.1 Å². The van der Waals surface area contributed by atoms with Crippen LogP contribution in [0.5, 0.6) is 0 Å². The predicted molar refractivity (Wildman–Crippen MR) is 117 cm³/mol. The Labute approximate surface area is 179 Å². The van der Waals surface area contributed by atoms with Gasteiger partial charge in [-0.1, -0.05) is 25.9 Å². The molecule has 0 spiro atoms. The third-order valence-electron chi connectivity index (χ3n) is 4.73. The van der Waals surface area contributed by atoms with E-state index in [0.29, 0.717) is 0 Å². The number of hydrogen-bond acceptors (Lipinski definition) is 7. The van der Waals surface area contributed by atoms with Crippen molar-refractivity contribution in [3.8, 4) is 0 Å². The van der Waals surface area contributed by atoms with Gasteiger partial charge < -0.3 is 9.74 Å². The zero-order valence-electron chi connectivity index (χ0n) is 16.8. The summed E-state index contributed by atoms with van der Waals surface area (Å²) in [5.74, 6) is 0. The number of nitrogens with one attached hydrogen (secondary N) is 1. The van der Waals surface area contributed by atoms with E-state index in [0.717, 1.165) is 6.07 Å². The molecule has 1 aromatic carbocycles. The lowest BCUT2D eigenvalue weighted by atomic mass is 10.2. The smallest absolute Gasteiger partial charge is 0.294 e. The summed E-state index contributed by atoms with van der Waals surface area (Å²) in [6.07, 6.45) is 0. The van der Waals surface area contributed by atoms with E-state index in [1.165, 1.54) is 6.07 Å². The summed E-state index contributed by atoms with van der Waals surface area (Å²) in [5, 5.41) is 23.0. The van der Waals surface area contributed by atoms with Gasteiger partial charge in [0.15, 0.2) is 8.32 Å².